The molecule has 0 radical (unpaired) electrons. The van der Waals surface area contributed by atoms with Crippen molar-refractivity contribution < 1.29 is 23.5 Å². The van der Waals surface area contributed by atoms with E-state index < -0.39 is 18.0 Å². The number of aromatic nitrogens is 1. The van der Waals surface area contributed by atoms with Crippen LogP contribution < -0.4 is 5.32 Å². The molecule has 0 aliphatic carbocycles. The van der Waals surface area contributed by atoms with E-state index in [1.807, 2.05) is 23.1 Å². The molecular formula is C28H31ClFN5O4. The van der Waals surface area contributed by atoms with E-state index in [2.05, 4.69) is 10.3 Å². The molecule has 1 aliphatic rings. The van der Waals surface area contributed by atoms with Crippen molar-refractivity contribution in [3.05, 3.63) is 71.1 Å². The molecule has 39 heavy (non-hydrogen) atoms. The van der Waals surface area contributed by atoms with Gasteiger partial charge in [0.15, 0.2) is 0 Å². The molecule has 3 amide bonds. The predicted octanol–water partition coefficient (Wildman–Crippen LogP) is 3.81. The second-order valence-corrected chi connectivity index (χ2v) is 9.99. The molecular weight excluding hydrogens is 525 g/mol. The molecule has 1 fully saturated rings. The van der Waals surface area contributed by atoms with Crippen molar-refractivity contribution in [2.24, 2.45) is 0 Å². The van der Waals surface area contributed by atoms with Crippen LogP contribution in [0.3, 0.4) is 0 Å². The van der Waals surface area contributed by atoms with Crippen LogP contribution in [0.1, 0.15) is 12.0 Å². The number of piperazine rings is 1. The Morgan fingerprint density at radius 2 is 1.97 bits per heavy atom. The lowest BCUT2D eigenvalue weighted by atomic mass is 10.1. The number of nitrogens with one attached hydrogen (secondary N) is 1. The average molecular weight is 556 g/mol. The van der Waals surface area contributed by atoms with E-state index in [-0.39, 0.29) is 37.2 Å². The minimum absolute atomic E-state index is 0.00910. The standard InChI is InChI=1S/C28H31ClFN5O4/c1-33-11-12-35(17-27(33)37)16-23(34(2)26(36)10-8-19-5-3-4-6-24(19)29)18-39-28(38)32-25-14-21-13-22(30)9-7-20(21)15-31-25/h3-7,9,13-15,23H,8,10-12,16-18H2,1-2H3,(H,31,32,38)/t23-/m0/s1. The number of hydrogen-bond acceptors (Lipinski definition) is 6. The molecule has 1 atom stereocenters. The first-order valence-corrected chi connectivity index (χ1v) is 13.0. The Hall–Kier alpha value is -3.76. The van der Waals surface area contributed by atoms with Crippen LogP contribution in [-0.4, -0.2) is 90.5 Å². The molecule has 2 aromatic carbocycles. The number of halogens is 2. The number of anilines is 1. The fraction of sp³-hybridized carbons (Fsp3) is 0.357. The zero-order valence-electron chi connectivity index (χ0n) is 21.9. The van der Waals surface area contributed by atoms with Crippen molar-refractivity contribution in [1.29, 1.82) is 0 Å². The molecule has 0 unspecified atom stereocenters. The van der Waals surface area contributed by atoms with E-state index >= 15 is 0 Å². The number of pyridine rings is 1. The first-order valence-electron chi connectivity index (χ1n) is 12.6. The average Bonchev–Trinajstić information content (AvgIpc) is 2.91. The quantitative estimate of drug-likeness (QED) is 0.431. The summed E-state index contributed by atoms with van der Waals surface area (Å²) in [6.07, 6.45) is 1.47. The summed E-state index contributed by atoms with van der Waals surface area (Å²) in [7, 11) is 3.42. The van der Waals surface area contributed by atoms with Crippen LogP contribution in [0.2, 0.25) is 5.02 Å². The van der Waals surface area contributed by atoms with Crippen molar-refractivity contribution in [2.45, 2.75) is 18.9 Å². The number of nitrogens with zero attached hydrogens (tertiary/aromatic N) is 4. The van der Waals surface area contributed by atoms with Gasteiger partial charge in [-0.15, -0.1) is 0 Å². The van der Waals surface area contributed by atoms with Crippen LogP contribution in [0.5, 0.6) is 0 Å². The van der Waals surface area contributed by atoms with E-state index in [0.29, 0.717) is 36.5 Å². The monoisotopic (exact) mass is 555 g/mol. The molecule has 1 aliphatic heterocycles. The molecule has 4 rings (SSSR count). The third-order valence-electron chi connectivity index (χ3n) is 6.83. The molecule has 9 nitrogen and oxygen atoms in total. The third kappa shape index (κ3) is 7.64. The van der Waals surface area contributed by atoms with E-state index in [0.717, 1.165) is 10.9 Å². The number of benzene rings is 2. The van der Waals surface area contributed by atoms with Crippen LogP contribution in [0.25, 0.3) is 10.8 Å². The number of hydrogen-bond donors (Lipinski definition) is 1. The Kier molecular flexibility index (Phi) is 9.32. The van der Waals surface area contributed by atoms with Gasteiger partial charge in [0.2, 0.25) is 11.8 Å². The van der Waals surface area contributed by atoms with Crippen LogP contribution in [0, 0.1) is 5.82 Å². The van der Waals surface area contributed by atoms with Crippen molar-refractivity contribution in [1.82, 2.24) is 19.7 Å². The summed E-state index contributed by atoms with van der Waals surface area (Å²) < 4.78 is 19.1. The number of carbonyl (C=O) groups is 3. The Morgan fingerprint density at radius 1 is 1.18 bits per heavy atom. The summed E-state index contributed by atoms with van der Waals surface area (Å²) in [5.41, 5.74) is 0.875. The summed E-state index contributed by atoms with van der Waals surface area (Å²) >= 11 is 6.24. The number of rotatable bonds is 9. The topological polar surface area (TPSA) is 95.1 Å². The fourth-order valence-corrected chi connectivity index (χ4v) is 4.59. The Labute approximate surface area is 231 Å². The number of fused-ring (bicyclic) bond motifs is 1. The number of amides is 3. The number of carbonyl (C=O) groups excluding carboxylic acids is 3. The molecule has 1 aromatic heterocycles. The minimum atomic E-state index is -0.755. The maximum atomic E-state index is 13.6. The Bertz CT molecular complexity index is 1360. The van der Waals surface area contributed by atoms with Crippen LogP contribution >= 0.6 is 11.6 Å². The maximum Gasteiger partial charge on any atom is 0.412 e. The first-order chi connectivity index (χ1) is 18.7. The van der Waals surface area contributed by atoms with Crippen LogP contribution in [0.15, 0.2) is 54.7 Å². The highest BCUT2D eigenvalue weighted by Gasteiger charge is 2.28. The molecule has 0 saturated carbocycles. The normalized spacial score (nSPS) is 14.8. The van der Waals surface area contributed by atoms with Gasteiger partial charge >= 0.3 is 6.09 Å². The molecule has 1 N–H and O–H groups in total. The van der Waals surface area contributed by atoms with Crippen molar-refractivity contribution in [3.8, 4) is 0 Å². The molecule has 206 valence electrons. The molecule has 0 bridgehead atoms. The number of aryl methyl sites for hydroxylation is 1. The van der Waals surface area contributed by atoms with E-state index in [4.69, 9.17) is 16.3 Å². The zero-order chi connectivity index (χ0) is 27.9. The van der Waals surface area contributed by atoms with Gasteiger partial charge in [-0.2, -0.15) is 0 Å². The van der Waals surface area contributed by atoms with Gasteiger partial charge in [-0.05, 0) is 47.7 Å². The molecule has 11 heteroatoms. The van der Waals surface area contributed by atoms with E-state index in [1.165, 1.54) is 18.3 Å². The lowest BCUT2D eigenvalue weighted by Crippen LogP contribution is -2.54. The third-order valence-corrected chi connectivity index (χ3v) is 7.20. The second-order valence-electron chi connectivity index (χ2n) is 9.58. The molecule has 0 spiro atoms. The van der Waals surface area contributed by atoms with Gasteiger partial charge in [-0.3, -0.25) is 19.8 Å². The summed E-state index contributed by atoms with van der Waals surface area (Å²) in [4.78, 5) is 47.3. The largest absolute Gasteiger partial charge is 0.447 e. The SMILES string of the molecule is CN1CCN(C[C@@H](COC(=O)Nc2cc3cc(F)ccc3cn2)N(C)C(=O)CCc2ccccc2Cl)CC1=O. The van der Waals surface area contributed by atoms with E-state index in [1.54, 1.807) is 42.1 Å². The summed E-state index contributed by atoms with van der Waals surface area (Å²) in [6, 6.07) is 12.7. The predicted molar refractivity (Wildman–Crippen MR) is 147 cm³/mol. The van der Waals surface area contributed by atoms with Gasteiger partial charge in [0.05, 0.1) is 12.6 Å². The number of likely N-dealkylation sites (N-methyl/N-ethyl adjacent to an activating group) is 2. The molecule has 2 heterocycles. The van der Waals surface area contributed by atoms with Crippen molar-refractivity contribution >= 4 is 46.1 Å². The first kappa shape index (κ1) is 28.3. The number of ether oxygens (including phenoxy) is 1. The smallest absolute Gasteiger partial charge is 0.412 e. The highest BCUT2D eigenvalue weighted by Crippen LogP contribution is 2.19. The highest BCUT2D eigenvalue weighted by molar-refractivity contribution is 6.31. The van der Waals surface area contributed by atoms with Gasteiger partial charge < -0.3 is 14.5 Å². The Balaban J connectivity index is 1.40. The van der Waals surface area contributed by atoms with Crippen molar-refractivity contribution in [3.63, 3.8) is 0 Å². The summed E-state index contributed by atoms with van der Waals surface area (Å²) in [6.45, 7) is 1.70. The van der Waals surface area contributed by atoms with Gasteiger partial charge in [-0.25, -0.2) is 14.2 Å². The minimum Gasteiger partial charge on any atom is -0.447 e. The fourth-order valence-electron chi connectivity index (χ4n) is 4.36. The summed E-state index contributed by atoms with van der Waals surface area (Å²) in [5, 5.41) is 4.48. The lowest BCUT2D eigenvalue weighted by molar-refractivity contribution is -0.136. The van der Waals surface area contributed by atoms with Crippen LogP contribution in [0.4, 0.5) is 15.0 Å². The van der Waals surface area contributed by atoms with Crippen molar-refractivity contribution in [2.75, 3.05) is 52.2 Å². The zero-order valence-corrected chi connectivity index (χ0v) is 22.7. The second kappa shape index (κ2) is 12.9. The maximum absolute atomic E-state index is 13.6. The van der Waals surface area contributed by atoms with Gasteiger partial charge in [0.25, 0.3) is 0 Å². The van der Waals surface area contributed by atoms with Crippen LogP contribution in [-0.2, 0) is 20.7 Å². The highest BCUT2D eigenvalue weighted by atomic mass is 35.5. The summed E-state index contributed by atoms with van der Waals surface area (Å²) in [5.74, 6) is -0.328. The Morgan fingerprint density at radius 3 is 2.74 bits per heavy atom. The van der Waals surface area contributed by atoms with E-state index in [9.17, 15) is 18.8 Å². The van der Waals surface area contributed by atoms with Gasteiger partial charge in [0, 0.05) is 56.8 Å². The molecule has 3 aromatic rings. The van der Waals surface area contributed by atoms with Gasteiger partial charge in [-0.1, -0.05) is 29.8 Å². The molecule has 1 saturated heterocycles. The van der Waals surface area contributed by atoms with Gasteiger partial charge in [0.1, 0.15) is 18.2 Å². The lowest BCUT2D eigenvalue weighted by Gasteiger charge is -2.36.